The molecule has 0 aromatic heterocycles. The van der Waals surface area contributed by atoms with E-state index in [9.17, 15) is 9.59 Å². The van der Waals surface area contributed by atoms with Crippen LogP contribution in [0.15, 0.2) is 42.5 Å². The van der Waals surface area contributed by atoms with E-state index in [1.54, 1.807) is 35.2 Å². The molecule has 2 aromatic rings. The summed E-state index contributed by atoms with van der Waals surface area (Å²) in [5.74, 6) is -0.677. The molecule has 124 valence electrons. The van der Waals surface area contributed by atoms with Crippen LogP contribution in [0.5, 0.6) is 0 Å². The minimum Gasteiger partial charge on any atom is -0.326 e. The molecule has 1 heterocycles. The lowest BCUT2D eigenvalue weighted by Gasteiger charge is -2.17. The summed E-state index contributed by atoms with van der Waals surface area (Å²) in [6.45, 7) is 2.23. The number of aryl methyl sites for hydroxylation is 1. The van der Waals surface area contributed by atoms with Crippen LogP contribution in [-0.4, -0.2) is 18.4 Å². The van der Waals surface area contributed by atoms with Crippen LogP contribution in [0, 0.1) is 12.8 Å². The van der Waals surface area contributed by atoms with E-state index in [1.165, 1.54) is 0 Å². The van der Waals surface area contributed by atoms with Gasteiger partial charge in [0.25, 0.3) is 0 Å². The molecule has 0 radical (unpaired) electrons. The number of amides is 2. The summed E-state index contributed by atoms with van der Waals surface area (Å²) >= 11 is 12.0. The summed E-state index contributed by atoms with van der Waals surface area (Å²) in [5, 5.41) is 3.98. The first kappa shape index (κ1) is 16.8. The SMILES string of the molecule is Cc1ccc(NC(=O)C2CC(=O)N(c3cccc(Cl)c3)C2)cc1Cl. The molecule has 2 amide bonds. The van der Waals surface area contributed by atoms with Crippen molar-refractivity contribution in [3.63, 3.8) is 0 Å². The Labute approximate surface area is 150 Å². The minimum atomic E-state index is -0.406. The maximum atomic E-state index is 12.4. The van der Waals surface area contributed by atoms with Gasteiger partial charge in [-0.25, -0.2) is 0 Å². The van der Waals surface area contributed by atoms with Crippen LogP contribution in [0.2, 0.25) is 10.0 Å². The van der Waals surface area contributed by atoms with Gasteiger partial charge in [-0.1, -0.05) is 35.3 Å². The third kappa shape index (κ3) is 3.55. The maximum absolute atomic E-state index is 12.4. The fourth-order valence-electron chi connectivity index (χ4n) is 2.69. The standard InChI is InChI=1S/C18H16Cl2N2O2/c1-11-5-6-14(9-16(11)20)21-18(24)12-7-17(23)22(10-12)15-4-2-3-13(19)8-15/h2-6,8-9,12H,7,10H2,1H3,(H,21,24). The van der Waals surface area contributed by atoms with Crippen molar-refractivity contribution in [2.45, 2.75) is 13.3 Å². The van der Waals surface area contributed by atoms with E-state index in [-0.39, 0.29) is 18.2 Å². The zero-order valence-electron chi connectivity index (χ0n) is 13.1. The zero-order valence-corrected chi connectivity index (χ0v) is 14.6. The monoisotopic (exact) mass is 362 g/mol. The maximum Gasteiger partial charge on any atom is 0.229 e. The van der Waals surface area contributed by atoms with Gasteiger partial charge >= 0.3 is 0 Å². The van der Waals surface area contributed by atoms with E-state index >= 15 is 0 Å². The molecule has 1 N–H and O–H groups in total. The predicted octanol–water partition coefficient (Wildman–Crippen LogP) is 4.29. The first-order chi connectivity index (χ1) is 11.4. The van der Waals surface area contributed by atoms with Crippen molar-refractivity contribution < 1.29 is 9.59 Å². The molecule has 2 aromatic carbocycles. The number of halogens is 2. The molecule has 3 rings (SSSR count). The number of rotatable bonds is 3. The molecule has 1 fully saturated rings. The highest BCUT2D eigenvalue weighted by Gasteiger charge is 2.35. The highest BCUT2D eigenvalue weighted by atomic mass is 35.5. The Hall–Kier alpha value is -2.04. The number of benzene rings is 2. The summed E-state index contributed by atoms with van der Waals surface area (Å²) in [7, 11) is 0. The van der Waals surface area contributed by atoms with Crippen LogP contribution in [0.25, 0.3) is 0 Å². The number of nitrogens with one attached hydrogen (secondary N) is 1. The van der Waals surface area contributed by atoms with Gasteiger partial charge in [-0.3, -0.25) is 9.59 Å². The molecule has 6 heteroatoms. The van der Waals surface area contributed by atoms with Gasteiger partial charge in [0, 0.05) is 34.4 Å². The number of anilines is 2. The van der Waals surface area contributed by atoms with Crippen LogP contribution in [0.4, 0.5) is 11.4 Å². The summed E-state index contributed by atoms with van der Waals surface area (Å²) in [5.41, 5.74) is 2.28. The van der Waals surface area contributed by atoms with Crippen LogP contribution >= 0.6 is 23.2 Å². The Morgan fingerprint density at radius 1 is 1.21 bits per heavy atom. The Balaban J connectivity index is 1.70. The number of carbonyl (C=O) groups is 2. The molecule has 1 aliphatic heterocycles. The lowest BCUT2D eigenvalue weighted by atomic mass is 10.1. The Morgan fingerprint density at radius 2 is 2.00 bits per heavy atom. The first-order valence-corrected chi connectivity index (χ1v) is 8.32. The van der Waals surface area contributed by atoms with E-state index < -0.39 is 5.92 Å². The first-order valence-electron chi connectivity index (χ1n) is 7.57. The molecule has 1 aliphatic rings. The second kappa shape index (κ2) is 6.83. The number of nitrogens with zero attached hydrogens (tertiary/aromatic N) is 1. The highest BCUT2D eigenvalue weighted by molar-refractivity contribution is 6.31. The van der Waals surface area contributed by atoms with Gasteiger partial charge in [0.15, 0.2) is 0 Å². The van der Waals surface area contributed by atoms with Crippen LogP contribution in [0.1, 0.15) is 12.0 Å². The lowest BCUT2D eigenvalue weighted by molar-refractivity contribution is -0.122. The van der Waals surface area contributed by atoms with Gasteiger partial charge in [-0.05, 0) is 42.8 Å². The van der Waals surface area contributed by atoms with Gasteiger partial charge in [-0.2, -0.15) is 0 Å². The Bertz CT molecular complexity index is 807. The second-order valence-corrected chi connectivity index (χ2v) is 6.68. The average Bonchev–Trinajstić information content (AvgIpc) is 2.93. The molecule has 24 heavy (non-hydrogen) atoms. The highest BCUT2D eigenvalue weighted by Crippen LogP contribution is 2.28. The van der Waals surface area contributed by atoms with Crippen molar-refractivity contribution in [3.8, 4) is 0 Å². The van der Waals surface area contributed by atoms with Gasteiger partial charge in [0.2, 0.25) is 11.8 Å². The molecular weight excluding hydrogens is 347 g/mol. The summed E-state index contributed by atoms with van der Waals surface area (Å²) in [6.07, 6.45) is 0.179. The molecular formula is C18H16Cl2N2O2. The molecule has 4 nitrogen and oxygen atoms in total. The minimum absolute atomic E-state index is 0.0839. The molecule has 1 atom stereocenters. The number of hydrogen-bond acceptors (Lipinski definition) is 2. The molecule has 0 aliphatic carbocycles. The summed E-state index contributed by atoms with van der Waals surface area (Å²) in [4.78, 5) is 26.3. The van der Waals surface area contributed by atoms with E-state index in [0.717, 1.165) is 5.56 Å². The van der Waals surface area contributed by atoms with Gasteiger partial charge in [0.05, 0.1) is 5.92 Å². The largest absolute Gasteiger partial charge is 0.326 e. The predicted molar refractivity (Wildman–Crippen MR) is 96.7 cm³/mol. The fraction of sp³-hybridized carbons (Fsp3) is 0.222. The van der Waals surface area contributed by atoms with Crippen molar-refractivity contribution >= 4 is 46.4 Å². The average molecular weight is 363 g/mol. The normalized spacial score (nSPS) is 17.2. The number of carbonyl (C=O) groups excluding carboxylic acids is 2. The third-order valence-electron chi connectivity index (χ3n) is 4.06. The van der Waals surface area contributed by atoms with E-state index in [0.29, 0.717) is 28.0 Å². The van der Waals surface area contributed by atoms with Gasteiger partial charge < -0.3 is 10.2 Å². The number of hydrogen-bond donors (Lipinski definition) is 1. The molecule has 1 unspecified atom stereocenters. The van der Waals surface area contributed by atoms with E-state index in [4.69, 9.17) is 23.2 Å². The smallest absolute Gasteiger partial charge is 0.229 e. The third-order valence-corrected chi connectivity index (χ3v) is 4.70. The molecule has 0 bridgehead atoms. The van der Waals surface area contributed by atoms with Crippen molar-refractivity contribution in [1.82, 2.24) is 0 Å². The second-order valence-electron chi connectivity index (χ2n) is 5.84. The fourth-order valence-corrected chi connectivity index (χ4v) is 3.06. The topological polar surface area (TPSA) is 49.4 Å². The van der Waals surface area contributed by atoms with E-state index in [2.05, 4.69) is 5.32 Å². The van der Waals surface area contributed by atoms with Crippen LogP contribution < -0.4 is 10.2 Å². The van der Waals surface area contributed by atoms with Crippen molar-refractivity contribution in [2.24, 2.45) is 5.92 Å². The molecule has 0 saturated carbocycles. The Morgan fingerprint density at radius 3 is 2.71 bits per heavy atom. The van der Waals surface area contributed by atoms with E-state index in [1.807, 2.05) is 19.1 Å². The van der Waals surface area contributed by atoms with Crippen molar-refractivity contribution in [2.75, 3.05) is 16.8 Å². The summed E-state index contributed by atoms with van der Waals surface area (Å²) < 4.78 is 0. The Kier molecular flexibility index (Phi) is 4.78. The zero-order chi connectivity index (χ0) is 17.3. The van der Waals surface area contributed by atoms with Gasteiger partial charge in [0.1, 0.15) is 0 Å². The van der Waals surface area contributed by atoms with Crippen LogP contribution in [0.3, 0.4) is 0 Å². The van der Waals surface area contributed by atoms with Gasteiger partial charge in [-0.15, -0.1) is 0 Å². The van der Waals surface area contributed by atoms with Crippen LogP contribution in [-0.2, 0) is 9.59 Å². The van der Waals surface area contributed by atoms with Crippen molar-refractivity contribution in [3.05, 3.63) is 58.1 Å². The lowest BCUT2D eigenvalue weighted by Crippen LogP contribution is -2.28. The van der Waals surface area contributed by atoms with Crippen molar-refractivity contribution in [1.29, 1.82) is 0 Å². The summed E-state index contributed by atoms with van der Waals surface area (Å²) in [6, 6.07) is 12.4. The molecule has 1 saturated heterocycles. The quantitative estimate of drug-likeness (QED) is 0.884. The molecule has 0 spiro atoms.